The van der Waals surface area contributed by atoms with Crippen molar-refractivity contribution in [3.05, 3.63) is 65.8 Å². The minimum absolute atomic E-state index is 0.0963. The monoisotopic (exact) mass is 391 g/mol. The van der Waals surface area contributed by atoms with Gasteiger partial charge in [0, 0.05) is 25.4 Å². The van der Waals surface area contributed by atoms with Crippen molar-refractivity contribution < 1.29 is 18.8 Å². The predicted octanol–water partition coefficient (Wildman–Crippen LogP) is 1.82. The molecule has 2 aromatic heterocycles. The summed E-state index contributed by atoms with van der Waals surface area (Å²) in [6.07, 6.45) is 3.77. The van der Waals surface area contributed by atoms with Crippen molar-refractivity contribution in [2.45, 2.75) is 19.4 Å². The van der Waals surface area contributed by atoms with E-state index in [4.69, 9.17) is 4.42 Å². The summed E-state index contributed by atoms with van der Waals surface area (Å²) in [5.41, 5.74) is 1.50. The third kappa shape index (κ3) is 3.88. The number of rotatable bonds is 7. The molecule has 0 fully saturated rings. The summed E-state index contributed by atoms with van der Waals surface area (Å²) in [4.78, 5) is 41.8. The molecule has 3 amide bonds. The molecular weight excluding hydrogens is 374 g/mol. The van der Waals surface area contributed by atoms with Crippen LogP contribution in [0.2, 0.25) is 0 Å². The van der Waals surface area contributed by atoms with Gasteiger partial charge in [0.2, 0.25) is 17.7 Å². The number of pyridine rings is 1. The van der Waals surface area contributed by atoms with Crippen LogP contribution >= 0.6 is 0 Å². The van der Waals surface area contributed by atoms with Gasteiger partial charge in [-0.25, -0.2) is 0 Å². The van der Waals surface area contributed by atoms with Crippen LogP contribution in [0.5, 0.6) is 0 Å². The lowest BCUT2D eigenvalue weighted by Gasteiger charge is -2.13. The van der Waals surface area contributed by atoms with Crippen LogP contribution in [-0.4, -0.2) is 44.3 Å². The van der Waals surface area contributed by atoms with E-state index in [-0.39, 0.29) is 43.1 Å². The van der Waals surface area contributed by atoms with Crippen LogP contribution in [0.15, 0.2) is 53.2 Å². The van der Waals surface area contributed by atoms with Crippen molar-refractivity contribution in [2.24, 2.45) is 0 Å². The normalized spacial score (nSPS) is 12.9. The molecule has 1 aliphatic heterocycles. The highest BCUT2D eigenvalue weighted by Gasteiger charge is 2.34. The number of nitrogens with one attached hydrogen (secondary N) is 1. The van der Waals surface area contributed by atoms with Gasteiger partial charge in [0.15, 0.2) is 0 Å². The van der Waals surface area contributed by atoms with Gasteiger partial charge in [0.25, 0.3) is 11.8 Å². The average Bonchev–Trinajstić information content (AvgIpc) is 3.32. The van der Waals surface area contributed by atoms with Crippen molar-refractivity contribution in [2.75, 3.05) is 6.54 Å². The van der Waals surface area contributed by atoms with Gasteiger partial charge in [-0.05, 0) is 30.7 Å². The van der Waals surface area contributed by atoms with Crippen molar-refractivity contribution in [3.8, 4) is 11.5 Å². The Morgan fingerprint density at radius 3 is 2.48 bits per heavy atom. The second-order valence-electron chi connectivity index (χ2n) is 6.43. The van der Waals surface area contributed by atoms with Gasteiger partial charge in [-0.3, -0.25) is 24.3 Å². The first-order valence-corrected chi connectivity index (χ1v) is 9.08. The molecule has 3 heterocycles. The van der Waals surface area contributed by atoms with E-state index in [1.54, 1.807) is 48.8 Å². The van der Waals surface area contributed by atoms with Gasteiger partial charge in [-0.15, -0.1) is 10.2 Å². The van der Waals surface area contributed by atoms with Crippen molar-refractivity contribution in [1.82, 2.24) is 25.4 Å². The Kier molecular flexibility index (Phi) is 5.10. The Morgan fingerprint density at radius 2 is 1.79 bits per heavy atom. The Bertz CT molecular complexity index is 1030. The van der Waals surface area contributed by atoms with E-state index in [9.17, 15) is 14.4 Å². The van der Waals surface area contributed by atoms with Gasteiger partial charge < -0.3 is 9.73 Å². The molecule has 0 atom stereocenters. The fraction of sp³-hybridized carbons (Fsp3) is 0.200. The highest BCUT2D eigenvalue weighted by molar-refractivity contribution is 6.21. The molecule has 0 aliphatic carbocycles. The summed E-state index contributed by atoms with van der Waals surface area (Å²) >= 11 is 0. The molecule has 4 rings (SSSR count). The summed E-state index contributed by atoms with van der Waals surface area (Å²) in [6, 6.07) is 10.3. The van der Waals surface area contributed by atoms with E-state index in [1.165, 1.54) is 4.90 Å². The summed E-state index contributed by atoms with van der Waals surface area (Å²) in [5.74, 6) is -0.271. The lowest BCUT2D eigenvalue weighted by atomic mass is 10.1. The smallest absolute Gasteiger partial charge is 0.261 e. The molecule has 1 aliphatic rings. The van der Waals surface area contributed by atoms with Crippen molar-refractivity contribution in [3.63, 3.8) is 0 Å². The molecule has 3 aromatic rings. The SMILES string of the molecule is O=C(CCCN1C(=O)c2ccccc2C1=O)NCc1nnc(-c2cccnc2)o1. The number of fused-ring (bicyclic) bond motifs is 1. The number of carbonyl (C=O) groups is 3. The van der Waals surface area contributed by atoms with Gasteiger partial charge in [0.1, 0.15) is 0 Å². The Labute approximate surface area is 165 Å². The van der Waals surface area contributed by atoms with E-state index < -0.39 is 0 Å². The van der Waals surface area contributed by atoms with Crippen LogP contribution in [0.25, 0.3) is 11.5 Å². The Hall–Kier alpha value is -3.88. The molecule has 0 saturated heterocycles. The maximum atomic E-state index is 12.3. The summed E-state index contributed by atoms with van der Waals surface area (Å²) in [6.45, 7) is 0.282. The lowest BCUT2D eigenvalue weighted by Crippen LogP contribution is -2.32. The Morgan fingerprint density at radius 1 is 1.03 bits per heavy atom. The topological polar surface area (TPSA) is 118 Å². The third-order valence-electron chi connectivity index (χ3n) is 4.48. The molecule has 0 unspecified atom stereocenters. The Balaban J connectivity index is 1.24. The standard InChI is InChI=1S/C20H17N5O4/c26-16(22-12-17-23-24-18(29-17)13-5-3-9-21-11-13)8-4-10-25-19(27)14-6-1-2-7-15(14)20(25)28/h1-3,5-7,9,11H,4,8,10,12H2,(H,22,26). The number of nitrogens with zero attached hydrogens (tertiary/aromatic N) is 4. The molecule has 1 N–H and O–H groups in total. The molecular formula is C20H17N5O4. The molecule has 146 valence electrons. The minimum Gasteiger partial charge on any atom is -0.419 e. The van der Waals surface area contributed by atoms with Crippen molar-refractivity contribution in [1.29, 1.82) is 0 Å². The van der Waals surface area contributed by atoms with E-state index in [1.807, 2.05) is 0 Å². The molecule has 0 radical (unpaired) electrons. The highest BCUT2D eigenvalue weighted by Crippen LogP contribution is 2.22. The van der Waals surface area contributed by atoms with Gasteiger partial charge >= 0.3 is 0 Å². The average molecular weight is 391 g/mol. The predicted molar refractivity (Wildman–Crippen MR) is 100 cm³/mol. The van der Waals surface area contributed by atoms with Crippen LogP contribution < -0.4 is 5.32 Å². The maximum Gasteiger partial charge on any atom is 0.261 e. The van der Waals surface area contributed by atoms with E-state index in [2.05, 4.69) is 20.5 Å². The van der Waals surface area contributed by atoms with E-state index in [0.717, 1.165) is 0 Å². The molecule has 9 nitrogen and oxygen atoms in total. The summed E-state index contributed by atoms with van der Waals surface area (Å²) < 4.78 is 5.50. The van der Waals surface area contributed by atoms with E-state index >= 15 is 0 Å². The van der Waals surface area contributed by atoms with Crippen molar-refractivity contribution >= 4 is 17.7 Å². The number of benzene rings is 1. The zero-order chi connectivity index (χ0) is 20.2. The van der Waals surface area contributed by atoms with Crippen LogP contribution in [0.4, 0.5) is 0 Å². The van der Waals surface area contributed by atoms with E-state index in [0.29, 0.717) is 29.0 Å². The highest BCUT2D eigenvalue weighted by atomic mass is 16.4. The third-order valence-corrected chi connectivity index (χ3v) is 4.48. The quantitative estimate of drug-likeness (QED) is 0.610. The summed E-state index contributed by atoms with van der Waals surface area (Å²) in [7, 11) is 0. The molecule has 1 aromatic carbocycles. The zero-order valence-corrected chi connectivity index (χ0v) is 15.4. The first-order chi connectivity index (χ1) is 14.1. The zero-order valence-electron chi connectivity index (χ0n) is 15.4. The van der Waals surface area contributed by atoms with Crippen LogP contribution in [-0.2, 0) is 11.3 Å². The number of amides is 3. The molecule has 0 bridgehead atoms. The van der Waals surface area contributed by atoms with Crippen LogP contribution in [0, 0.1) is 0 Å². The number of carbonyl (C=O) groups excluding carboxylic acids is 3. The van der Waals surface area contributed by atoms with Gasteiger partial charge in [0.05, 0.1) is 23.2 Å². The van der Waals surface area contributed by atoms with Crippen LogP contribution in [0.3, 0.4) is 0 Å². The number of hydrogen-bond donors (Lipinski definition) is 1. The molecule has 29 heavy (non-hydrogen) atoms. The minimum atomic E-state index is -0.320. The second kappa shape index (κ2) is 8.01. The van der Waals surface area contributed by atoms with Crippen LogP contribution in [0.1, 0.15) is 39.4 Å². The van der Waals surface area contributed by atoms with Gasteiger partial charge in [-0.2, -0.15) is 0 Å². The second-order valence-corrected chi connectivity index (χ2v) is 6.43. The largest absolute Gasteiger partial charge is 0.419 e. The summed E-state index contributed by atoms with van der Waals surface area (Å²) in [5, 5.41) is 10.5. The maximum absolute atomic E-state index is 12.3. The fourth-order valence-corrected chi connectivity index (χ4v) is 3.03. The molecule has 0 spiro atoms. The molecule has 0 saturated carbocycles. The van der Waals surface area contributed by atoms with Gasteiger partial charge in [-0.1, -0.05) is 12.1 Å². The first-order valence-electron chi connectivity index (χ1n) is 9.08. The number of hydrogen-bond acceptors (Lipinski definition) is 7. The fourth-order valence-electron chi connectivity index (χ4n) is 3.03. The molecule has 9 heteroatoms. The first kappa shape index (κ1) is 18.5. The number of aromatic nitrogens is 3. The lowest BCUT2D eigenvalue weighted by molar-refractivity contribution is -0.121. The number of imide groups is 1.